The summed E-state index contributed by atoms with van der Waals surface area (Å²) >= 11 is 0. The van der Waals surface area contributed by atoms with Crippen LogP contribution in [0.1, 0.15) is 5.56 Å². The van der Waals surface area contributed by atoms with Crippen molar-refractivity contribution in [3.8, 4) is 0 Å². The molecule has 1 aromatic carbocycles. The maximum Gasteiger partial charge on any atom is 0.272 e. The zero-order chi connectivity index (χ0) is 12.8. The monoisotopic (exact) mass is 238 g/mol. The maximum absolute atomic E-state index is 10.5. The first kappa shape index (κ1) is 12.6. The molecule has 0 saturated carbocycles. The smallest absolute Gasteiger partial charge is 0.272 e. The molecule has 0 unspecified atom stereocenters. The zero-order valence-electron chi connectivity index (χ0n) is 9.03. The van der Waals surface area contributed by atoms with Crippen LogP contribution in [0.25, 0.3) is 0 Å². The predicted molar refractivity (Wildman–Crippen MR) is 58.9 cm³/mol. The zero-order valence-corrected chi connectivity index (χ0v) is 9.03. The van der Waals surface area contributed by atoms with Crippen LogP contribution >= 0.6 is 0 Å². The largest absolute Gasteiger partial charge is 0.494 e. The van der Waals surface area contributed by atoms with Gasteiger partial charge in [-0.3, -0.25) is 20.2 Å². The molecule has 0 fully saturated rings. The Kier molecular flexibility index (Phi) is 4.15. The van der Waals surface area contributed by atoms with Crippen LogP contribution in [0.15, 0.2) is 36.2 Å². The van der Waals surface area contributed by atoms with E-state index in [1.165, 1.54) is 25.3 Å². The third-order valence-electron chi connectivity index (χ3n) is 2.01. The molecule has 1 aromatic rings. The molecule has 0 aliphatic carbocycles. The molecular weight excluding hydrogens is 228 g/mol. The van der Waals surface area contributed by atoms with Gasteiger partial charge in [0.1, 0.15) is 0 Å². The predicted octanol–water partition coefficient (Wildman–Crippen LogP) is 1.90. The van der Waals surface area contributed by atoms with E-state index in [-0.39, 0.29) is 17.9 Å². The van der Waals surface area contributed by atoms with Crippen molar-refractivity contribution >= 4 is 5.69 Å². The first-order valence-electron chi connectivity index (χ1n) is 4.64. The van der Waals surface area contributed by atoms with E-state index in [0.717, 1.165) is 6.20 Å². The highest BCUT2D eigenvalue weighted by atomic mass is 16.6. The molecule has 0 spiro atoms. The van der Waals surface area contributed by atoms with Crippen molar-refractivity contribution in [2.45, 2.75) is 6.42 Å². The van der Waals surface area contributed by atoms with Gasteiger partial charge in [-0.2, -0.15) is 0 Å². The first-order chi connectivity index (χ1) is 8.02. The number of nitro groups is 2. The fourth-order valence-corrected chi connectivity index (χ4v) is 1.27. The molecule has 0 bridgehead atoms. The summed E-state index contributed by atoms with van der Waals surface area (Å²) in [6, 6.07) is 5.87. The van der Waals surface area contributed by atoms with Crippen LogP contribution in [0.2, 0.25) is 0 Å². The minimum absolute atomic E-state index is 0.0564. The van der Waals surface area contributed by atoms with Gasteiger partial charge in [0, 0.05) is 18.6 Å². The Balaban J connectivity index is 2.90. The molecule has 1 rings (SSSR count). The number of methoxy groups -OCH3 is 1. The topological polar surface area (TPSA) is 95.5 Å². The highest BCUT2D eigenvalue weighted by Crippen LogP contribution is 2.16. The fraction of sp³-hybridized carbons (Fsp3) is 0.200. The molecule has 90 valence electrons. The number of ether oxygens (including phenoxy) is 1. The molecule has 7 heteroatoms. The SMILES string of the molecule is COC(=C[N+](=O)[O-])Cc1cccc([N+](=O)[O-])c1. The molecule has 0 heterocycles. The van der Waals surface area contributed by atoms with Crippen molar-refractivity contribution < 1.29 is 14.6 Å². The molecule has 0 aliphatic heterocycles. The summed E-state index contributed by atoms with van der Waals surface area (Å²) in [6.07, 6.45) is 0.873. The number of hydrogen-bond donors (Lipinski definition) is 0. The Bertz CT molecular complexity index is 470. The van der Waals surface area contributed by atoms with Gasteiger partial charge in [0.25, 0.3) is 11.9 Å². The summed E-state index contributed by atoms with van der Waals surface area (Å²) in [4.78, 5) is 19.7. The molecule has 7 nitrogen and oxygen atoms in total. The molecule has 0 saturated heterocycles. The van der Waals surface area contributed by atoms with Crippen LogP contribution in [-0.2, 0) is 11.2 Å². The number of hydrogen-bond acceptors (Lipinski definition) is 5. The molecule has 0 amide bonds. The van der Waals surface area contributed by atoms with Crippen LogP contribution in [0.3, 0.4) is 0 Å². The number of allylic oxidation sites excluding steroid dienone is 1. The van der Waals surface area contributed by atoms with Crippen LogP contribution in [0.5, 0.6) is 0 Å². The lowest BCUT2D eigenvalue weighted by Gasteiger charge is -2.03. The molecule has 0 N–H and O–H groups in total. The van der Waals surface area contributed by atoms with E-state index in [2.05, 4.69) is 0 Å². The van der Waals surface area contributed by atoms with E-state index < -0.39 is 9.85 Å². The van der Waals surface area contributed by atoms with Gasteiger partial charge in [-0.15, -0.1) is 0 Å². The third-order valence-corrected chi connectivity index (χ3v) is 2.01. The number of nitro benzene ring substituents is 1. The van der Waals surface area contributed by atoms with Gasteiger partial charge >= 0.3 is 0 Å². The van der Waals surface area contributed by atoms with Crippen LogP contribution < -0.4 is 0 Å². The molecule has 0 aliphatic rings. The highest BCUT2D eigenvalue weighted by Gasteiger charge is 2.09. The van der Waals surface area contributed by atoms with Crippen molar-refractivity contribution in [3.63, 3.8) is 0 Å². The second-order valence-electron chi connectivity index (χ2n) is 3.19. The summed E-state index contributed by atoms with van der Waals surface area (Å²) in [5, 5.41) is 20.8. The van der Waals surface area contributed by atoms with Crippen molar-refractivity contribution in [2.75, 3.05) is 7.11 Å². The van der Waals surface area contributed by atoms with E-state index >= 15 is 0 Å². The number of benzene rings is 1. The number of non-ortho nitro benzene ring substituents is 1. The lowest BCUT2D eigenvalue weighted by Crippen LogP contribution is -1.98. The minimum Gasteiger partial charge on any atom is -0.494 e. The average Bonchev–Trinajstić information content (AvgIpc) is 2.28. The normalized spacial score (nSPS) is 11.0. The molecule has 0 aromatic heterocycles. The van der Waals surface area contributed by atoms with Gasteiger partial charge in [-0.05, 0) is 5.56 Å². The van der Waals surface area contributed by atoms with Crippen molar-refractivity contribution in [3.05, 3.63) is 62.0 Å². The first-order valence-corrected chi connectivity index (χ1v) is 4.64. The molecule has 0 atom stereocenters. The van der Waals surface area contributed by atoms with E-state index in [1.807, 2.05) is 0 Å². The van der Waals surface area contributed by atoms with Crippen molar-refractivity contribution in [2.24, 2.45) is 0 Å². The lowest BCUT2D eigenvalue weighted by atomic mass is 10.1. The number of nitrogens with zero attached hydrogens (tertiary/aromatic N) is 2. The summed E-state index contributed by atoms with van der Waals surface area (Å²) in [5.41, 5.74) is 0.521. The Morgan fingerprint density at radius 1 is 1.41 bits per heavy atom. The highest BCUT2D eigenvalue weighted by molar-refractivity contribution is 5.35. The third kappa shape index (κ3) is 3.90. The van der Waals surface area contributed by atoms with Gasteiger partial charge in [0.15, 0.2) is 5.76 Å². The van der Waals surface area contributed by atoms with Gasteiger partial charge in [0.2, 0.25) is 0 Å². The van der Waals surface area contributed by atoms with Gasteiger partial charge in [0.05, 0.1) is 17.0 Å². The van der Waals surface area contributed by atoms with E-state index in [4.69, 9.17) is 4.74 Å². The van der Waals surface area contributed by atoms with Gasteiger partial charge in [-0.1, -0.05) is 12.1 Å². The Hall–Kier alpha value is -2.44. The Morgan fingerprint density at radius 2 is 2.12 bits per heavy atom. The minimum atomic E-state index is -0.629. The van der Waals surface area contributed by atoms with Crippen LogP contribution in [-0.4, -0.2) is 17.0 Å². The van der Waals surface area contributed by atoms with E-state index in [1.54, 1.807) is 6.07 Å². The summed E-state index contributed by atoms with van der Waals surface area (Å²) < 4.78 is 4.81. The summed E-state index contributed by atoms with van der Waals surface area (Å²) in [7, 11) is 1.31. The van der Waals surface area contributed by atoms with Crippen LogP contribution in [0.4, 0.5) is 5.69 Å². The maximum atomic E-state index is 10.5. The van der Waals surface area contributed by atoms with Crippen molar-refractivity contribution in [1.29, 1.82) is 0 Å². The van der Waals surface area contributed by atoms with Crippen molar-refractivity contribution in [1.82, 2.24) is 0 Å². The molecule has 17 heavy (non-hydrogen) atoms. The lowest BCUT2D eigenvalue weighted by molar-refractivity contribution is -0.405. The van der Waals surface area contributed by atoms with Gasteiger partial charge < -0.3 is 4.74 Å². The fourth-order valence-electron chi connectivity index (χ4n) is 1.27. The standard InChI is InChI=1S/C10H10N2O5/c1-17-10(7-11(13)14)6-8-3-2-4-9(5-8)12(15)16/h2-5,7H,6H2,1H3. The van der Waals surface area contributed by atoms with E-state index in [9.17, 15) is 20.2 Å². The summed E-state index contributed by atoms with van der Waals surface area (Å²) in [6.45, 7) is 0. The second kappa shape index (κ2) is 5.59. The quantitative estimate of drug-likeness (QED) is 0.443. The second-order valence-corrected chi connectivity index (χ2v) is 3.19. The number of rotatable bonds is 5. The average molecular weight is 238 g/mol. The van der Waals surface area contributed by atoms with E-state index in [0.29, 0.717) is 5.56 Å². The van der Waals surface area contributed by atoms with Gasteiger partial charge in [-0.25, -0.2) is 0 Å². The Morgan fingerprint density at radius 3 is 2.65 bits per heavy atom. The Labute approximate surface area is 96.6 Å². The molecular formula is C10H10N2O5. The van der Waals surface area contributed by atoms with Crippen LogP contribution in [0, 0.1) is 20.2 Å². The summed E-state index contributed by atoms with van der Waals surface area (Å²) in [5.74, 6) is 0.135. The molecule has 0 radical (unpaired) electrons.